The van der Waals surface area contributed by atoms with Gasteiger partial charge in [0.2, 0.25) is 0 Å². The first kappa shape index (κ1) is 9.32. The van der Waals surface area contributed by atoms with Crippen molar-refractivity contribution < 1.29 is 15.0 Å². The number of hydrogen-bond acceptors (Lipinski definition) is 2. The van der Waals surface area contributed by atoms with Crippen LogP contribution in [0.5, 0.6) is 0 Å². The van der Waals surface area contributed by atoms with E-state index in [1.165, 1.54) is 4.90 Å². The van der Waals surface area contributed by atoms with Gasteiger partial charge in [-0.3, -0.25) is 0 Å². The molecule has 0 saturated carbocycles. The topological polar surface area (TPSA) is 60.8 Å². The molecule has 1 rings (SSSR count). The fraction of sp³-hybridized carbons (Fsp3) is 0.875. The third-order valence-electron chi connectivity index (χ3n) is 2.50. The van der Waals surface area contributed by atoms with E-state index >= 15 is 0 Å². The minimum absolute atomic E-state index is 0.0531. The molecule has 1 amide bonds. The van der Waals surface area contributed by atoms with E-state index in [2.05, 4.69) is 0 Å². The van der Waals surface area contributed by atoms with E-state index in [1.54, 1.807) is 0 Å². The van der Waals surface area contributed by atoms with Crippen LogP contribution >= 0.6 is 0 Å². The monoisotopic (exact) mass is 173 g/mol. The smallest absolute Gasteiger partial charge is 0.407 e. The minimum Gasteiger partial charge on any atom is -0.465 e. The second-order valence-corrected chi connectivity index (χ2v) is 3.56. The molecule has 0 radical (unpaired) electrons. The number of aliphatic hydroxyl groups excluding tert-OH is 1. The summed E-state index contributed by atoms with van der Waals surface area (Å²) in [5.74, 6) is 0.0531. The molecule has 1 saturated heterocycles. The van der Waals surface area contributed by atoms with Crippen LogP contribution in [0.2, 0.25) is 0 Å². The zero-order valence-corrected chi connectivity index (χ0v) is 7.40. The van der Waals surface area contributed by atoms with E-state index in [0.29, 0.717) is 13.0 Å². The largest absolute Gasteiger partial charge is 0.465 e. The van der Waals surface area contributed by atoms with Crippen molar-refractivity contribution in [2.75, 3.05) is 6.54 Å². The minimum atomic E-state index is -0.888. The van der Waals surface area contributed by atoms with Crippen LogP contribution in [0.3, 0.4) is 0 Å². The van der Waals surface area contributed by atoms with Crippen LogP contribution in [0.1, 0.15) is 20.3 Å². The number of aliphatic hydroxyl groups is 1. The van der Waals surface area contributed by atoms with Crippen molar-refractivity contribution in [1.29, 1.82) is 0 Å². The van der Waals surface area contributed by atoms with E-state index < -0.39 is 6.09 Å². The molecule has 0 spiro atoms. The van der Waals surface area contributed by atoms with Crippen molar-refractivity contribution in [3.63, 3.8) is 0 Å². The van der Waals surface area contributed by atoms with Gasteiger partial charge < -0.3 is 15.1 Å². The van der Waals surface area contributed by atoms with Crippen molar-refractivity contribution in [1.82, 2.24) is 4.90 Å². The number of carboxylic acid groups (broad SMARTS) is 1. The lowest BCUT2D eigenvalue weighted by Gasteiger charge is -2.37. The van der Waals surface area contributed by atoms with Crippen LogP contribution in [0.4, 0.5) is 4.79 Å². The summed E-state index contributed by atoms with van der Waals surface area (Å²) in [4.78, 5) is 12.0. The number of rotatable bonds is 0. The summed E-state index contributed by atoms with van der Waals surface area (Å²) in [5.41, 5.74) is 0. The molecule has 0 unspecified atom stereocenters. The van der Waals surface area contributed by atoms with Crippen LogP contribution in [-0.4, -0.2) is 39.9 Å². The van der Waals surface area contributed by atoms with Gasteiger partial charge in [-0.05, 0) is 19.3 Å². The van der Waals surface area contributed by atoms with Crippen molar-refractivity contribution in [2.24, 2.45) is 5.92 Å². The Labute approximate surface area is 71.8 Å². The Morgan fingerprint density at radius 1 is 1.50 bits per heavy atom. The molecule has 4 heteroatoms. The highest BCUT2D eigenvalue weighted by molar-refractivity contribution is 5.65. The number of hydrogen-bond donors (Lipinski definition) is 2. The van der Waals surface area contributed by atoms with E-state index in [9.17, 15) is 9.90 Å². The number of piperidine rings is 1. The molecule has 0 aromatic rings. The molecular formula is C8H15NO3. The van der Waals surface area contributed by atoms with Gasteiger partial charge in [0, 0.05) is 12.6 Å². The normalized spacial score (nSPS) is 36.6. The zero-order chi connectivity index (χ0) is 9.30. The summed E-state index contributed by atoms with van der Waals surface area (Å²) in [5, 5.41) is 18.2. The van der Waals surface area contributed by atoms with Crippen molar-refractivity contribution in [3.8, 4) is 0 Å². The predicted octanol–water partition coefficient (Wildman–Crippen LogP) is 0.756. The van der Waals surface area contributed by atoms with Gasteiger partial charge in [0.25, 0.3) is 0 Å². The maximum Gasteiger partial charge on any atom is 0.407 e. The van der Waals surface area contributed by atoms with Crippen molar-refractivity contribution >= 4 is 6.09 Å². The lowest BCUT2D eigenvalue weighted by Crippen LogP contribution is -2.49. The Bertz CT molecular complexity index is 183. The lowest BCUT2D eigenvalue weighted by molar-refractivity contribution is 0.0115. The first-order valence-corrected chi connectivity index (χ1v) is 4.20. The molecule has 12 heavy (non-hydrogen) atoms. The lowest BCUT2D eigenvalue weighted by atomic mass is 9.92. The summed E-state index contributed by atoms with van der Waals surface area (Å²) < 4.78 is 0. The standard InChI is InChI=1S/C8H15NO3/c1-5-4-9(8(11)12)6(2)3-7(5)10/h5-7,10H,3-4H2,1-2H3,(H,11,12)/t5-,6+,7-/m0/s1. The fourth-order valence-electron chi connectivity index (χ4n) is 1.59. The summed E-state index contributed by atoms with van der Waals surface area (Å²) in [6.07, 6.45) is -0.690. The molecule has 0 aliphatic carbocycles. The zero-order valence-electron chi connectivity index (χ0n) is 7.40. The van der Waals surface area contributed by atoms with Crippen LogP contribution in [0.15, 0.2) is 0 Å². The SMILES string of the molecule is C[C@@H]1C[C@H](O)[C@@H](C)CN1C(=O)O. The first-order chi connectivity index (χ1) is 5.52. The highest BCUT2D eigenvalue weighted by atomic mass is 16.4. The molecule has 1 aliphatic rings. The quantitative estimate of drug-likeness (QED) is 0.568. The van der Waals surface area contributed by atoms with E-state index in [0.717, 1.165) is 0 Å². The molecule has 1 heterocycles. The van der Waals surface area contributed by atoms with Gasteiger partial charge >= 0.3 is 6.09 Å². The Kier molecular flexibility index (Phi) is 2.57. The molecule has 1 fully saturated rings. The average Bonchev–Trinajstić information content (AvgIpc) is 1.96. The summed E-state index contributed by atoms with van der Waals surface area (Å²) in [6, 6.07) is -0.0614. The highest BCUT2D eigenvalue weighted by Gasteiger charge is 2.32. The van der Waals surface area contributed by atoms with Crippen molar-refractivity contribution in [3.05, 3.63) is 0 Å². The van der Waals surface area contributed by atoms with Crippen LogP contribution in [-0.2, 0) is 0 Å². The molecule has 1 aliphatic heterocycles. The first-order valence-electron chi connectivity index (χ1n) is 4.20. The van der Waals surface area contributed by atoms with Crippen LogP contribution < -0.4 is 0 Å². The Hall–Kier alpha value is -0.770. The molecule has 4 nitrogen and oxygen atoms in total. The molecular weight excluding hydrogens is 158 g/mol. The second kappa shape index (κ2) is 3.31. The summed E-state index contributed by atoms with van der Waals surface area (Å²) in [6.45, 7) is 4.13. The number of carbonyl (C=O) groups is 1. The third-order valence-corrected chi connectivity index (χ3v) is 2.50. The maximum absolute atomic E-state index is 10.7. The van der Waals surface area contributed by atoms with Crippen molar-refractivity contribution in [2.45, 2.75) is 32.4 Å². The van der Waals surface area contributed by atoms with Gasteiger partial charge in [0.05, 0.1) is 6.10 Å². The maximum atomic E-state index is 10.7. The number of likely N-dealkylation sites (tertiary alicyclic amines) is 1. The number of nitrogens with zero attached hydrogens (tertiary/aromatic N) is 1. The van der Waals surface area contributed by atoms with E-state index in [-0.39, 0.29) is 18.1 Å². The molecule has 0 bridgehead atoms. The molecule has 3 atom stereocenters. The Morgan fingerprint density at radius 2 is 2.08 bits per heavy atom. The van der Waals surface area contributed by atoms with E-state index in [1.807, 2.05) is 13.8 Å². The highest BCUT2D eigenvalue weighted by Crippen LogP contribution is 2.21. The Balaban J connectivity index is 2.61. The van der Waals surface area contributed by atoms with Crippen LogP contribution in [0.25, 0.3) is 0 Å². The second-order valence-electron chi connectivity index (χ2n) is 3.56. The summed E-state index contributed by atoms with van der Waals surface area (Å²) in [7, 11) is 0. The molecule has 70 valence electrons. The Morgan fingerprint density at radius 3 is 2.58 bits per heavy atom. The molecule has 0 aromatic heterocycles. The van der Waals surface area contributed by atoms with Gasteiger partial charge in [-0.2, -0.15) is 0 Å². The molecule has 0 aromatic carbocycles. The van der Waals surface area contributed by atoms with Gasteiger partial charge in [0.1, 0.15) is 0 Å². The van der Waals surface area contributed by atoms with Crippen LogP contribution in [0, 0.1) is 5.92 Å². The average molecular weight is 173 g/mol. The molecule has 2 N–H and O–H groups in total. The van der Waals surface area contributed by atoms with Gasteiger partial charge in [0.15, 0.2) is 0 Å². The van der Waals surface area contributed by atoms with Gasteiger partial charge in [-0.25, -0.2) is 4.79 Å². The fourth-order valence-corrected chi connectivity index (χ4v) is 1.59. The third kappa shape index (κ3) is 1.69. The predicted molar refractivity (Wildman–Crippen MR) is 44.0 cm³/mol. The summed E-state index contributed by atoms with van der Waals surface area (Å²) >= 11 is 0. The van der Waals surface area contributed by atoms with Gasteiger partial charge in [-0.15, -0.1) is 0 Å². The number of amides is 1. The van der Waals surface area contributed by atoms with Gasteiger partial charge in [-0.1, -0.05) is 6.92 Å². The van der Waals surface area contributed by atoms with E-state index in [4.69, 9.17) is 5.11 Å².